The predicted molar refractivity (Wildman–Crippen MR) is 152 cm³/mol. The average Bonchev–Trinajstić information content (AvgIpc) is 2.88. The third kappa shape index (κ3) is 6.09. The molecule has 0 unspecified atom stereocenters. The van der Waals surface area contributed by atoms with Crippen LogP contribution in [0.25, 0.3) is 0 Å². The molecule has 0 amide bonds. The fourth-order valence-corrected chi connectivity index (χ4v) is 6.01. The van der Waals surface area contributed by atoms with Crippen LogP contribution in [0.4, 0.5) is 20.2 Å². The number of anilines is 2. The van der Waals surface area contributed by atoms with Crippen LogP contribution in [0.5, 0.6) is 11.5 Å². The summed E-state index contributed by atoms with van der Waals surface area (Å²) in [6, 6.07) is 4.99. The van der Waals surface area contributed by atoms with Gasteiger partial charge in [0.05, 0.1) is 29.1 Å². The molecule has 3 aromatic rings. The second-order valence-corrected chi connectivity index (χ2v) is 12.0. The summed E-state index contributed by atoms with van der Waals surface area (Å²) >= 11 is 12.5. The number of nitrogens with zero attached hydrogens (tertiary/aromatic N) is 3. The van der Waals surface area contributed by atoms with Crippen molar-refractivity contribution in [3.8, 4) is 11.5 Å². The van der Waals surface area contributed by atoms with Gasteiger partial charge in [0.2, 0.25) is 10.0 Å². The molecule has 1 atom stereocenters. The zero-order valence-electron chi connectivity index (χ0n) is 21.8. The van der Waals surface area contributed by atoms with E-state index in [1.165, 1.54) is 40.8 Å². The Hall–Kier alpha value is -3.19. The Morgan fingerprint density at radius 2 is 1.62 bits per heavy atom. The Labute approximate surface area is 241 Å². The lowest BCUT2D eigenvalue weighted by atomic mass is 9.99. The van der Waals surface area contributed by atoms with E-state index >= 15 is 8.78 Å². The number of nitrogen functional groups attached to an aromatic ring is 1. The third-order valence-electron chi connectivity index (χ3n) is 6.54. The highest BCUT2D eigenvalue weighted by Gasteiger charge is 2.28. The normalized spacial score (nSPS) is 15.1. The summed E-state index contributed by atoms with van der Waals surface area (Å²) in [4.78, 5) is 5.38. The SMILES string of the molecule is COc1cc(N)c(C(=N)c2cc(F)c(N3CCN(S(C)(=O)=O)CC3)c(F)c2)cc1O[C@H](C)c1c(Cl)cncc1Cl. The highest BCUT2D eigenvalue weighted by Crippen LogP contribution is 2.39. The molecule has 1 saturated heterocycles. The molecule has 1 aliphatic heterocycles. The first-order valence-corrected chi connectivity index (χ1v) is 14.6. The van der Waals surface area contributed by atoms with Crippen molar-refractivity contribution >= 4 is 50.3 Å². The number of aromatic nitrogens is 1. The zero-order chi connectivity index (χ0) is 29.4. The third-order valence-corrected chi connectivity index (χ3v) is 8.44. The highest BCUT2D eigenvalue weighted by atomic mass is 35.5. The first-order chi connectivity index (χ1) is 18.8. The predicted octanol–water partition coefficient (Wildman–Crippen LogP) is 4.90. The minimum absolute atomic E-state index is 0.0513. The summed E-state index contributed by atoms with van der Waals surface area (Å²) in [5.74, 6) is -1.30. The molecule has 9 nitrogen and oxygen atoms in total. The lowest BCUT2D eigenvalue weighted by molar-refractivity contribution is 0.216. The van der Waals surface area contributed by atoms with Gasteiger partial charge in [0.15, 0.2) is 11.5 Å². The summed E-state index contributed by atoms with van der Waals surface area (Å²) in [7, 11) is -1.98. The number of nitrogens with one attached hydrogen (secondary N) is 1. The van der Waals surface area contributed by atoms with Crippen LogP contribution in [0.3, 0.4) is 0 Å². The van der Waals surface area contributed by atoms with Crippen molar-refractivity contribution in [2.45, 2.75) is 13.0 Å². The maximum absolute atomic E-state index is 15.2. The van der Waals surface area contributed by atoms with E-state index in [2.05, 4.69) is 4.98 Å². The quantitative estimate of drug-likeness (QED) is 0.274. The number of ether oxygens (including phenoxy) is 2. The van der Waals surface area contributed by atoms with Gasteiger partial charge in [-0.3, -0.25) is 10.4 Å². The van der Waals surface area contributed by atoms with Gasteiger partial charge >= 0.3 is 0 Å². The first kappa shape index (κ1) is 29.8. The number of pyridine rings is 1. The second kappa shape index (κ2) is 11.7. The van der Waals surface area contributed by atoms with Crippen LogP contribution >= 0.6 is 23.2 Å². The Morgan fingerprint density at radius 3 is 2.15 bits per heavy atom. The number of nitrogens with two attached hydrogens (primary N) is 1. The van der Waals surface area contributed by atoms with Gasteiger partial charge in [0.25, 0.3) is 0 Å². The Kier molecular flexibility index (Phi) is 8.74. The molecule has 40 heavy (non-hydrogen) atoms. The average molecular weight is 615 g/mol. The summed E-state index contributed by atoms with van der Waals surface area (Å²) < 4.78 is 66.7. The largest absolute Gasteiger partial charge is 0.493 e. The van der Waals surface area contributed by atoms with Crippen molar-refractivity contribution in [3.63, 3.8) is 0 Å². The fraction of sp³-hybridized carbons (Fsp3) is 0.308. The Morgan fingerprint density at radius 1 is 1.05 bits per heavy atom. The standard InChI is InChI=1S/C26H27Cl2F2N5O4S/c1-14(24-17(27)12-33-13-18(24)28)39-23-10-16(21(31)11-22(23)38-2)25(32)15-8-19(29)26(20(30)9-15)34-4-6-35(7-5-34)40(3,36)37/h8-14,32H,4-7,31H2,1-3H3/t14-/m1/s1. The number of rotatable bonds is 8. The lowest BCUT2D eigenvalue weighted by Crippen LogP contribution is -2.48. The smallest absolute Gasteiger partial charge is 0.211 e. The lowest BCUT2D eigenvalue weighted by Gasteiger charge is -2.35. The van der Waals surface area contributed by atoms with Gasteiger partial charge in [-0.2, -0.15) is 4.31 Å². The van der Waals surface area contributed by atoms with Crippen molar-refractivity contribution in [3.05, 3.63) is 75.0 Å². The van der Waals surface area contributed by atoms with E-state index in [1.807, 2.05) is 0 Å². The molecule has 0 bridgehead atoms. The van der Waals surface area contributed by atoms with Gasteiger partial charge in [-0.25, -0.2) is 17.2 Å². The Bertz CT molecular complexity index is 1520. The van der Waals surface area contributed by atoms with Crippen LogP contribution in [0.15, 0.2) is 36.7 Å². The van der Waals surface area contributed by atoms with Gasteiger partial charge in [0, 0.05) is 67.0 Å². The van der Waals surface area contributed by atoms with Gasteiger partial charge in [-0.1, -0.05) is 23.2 Å². The molecule has 2 heterocycles. The van der Waals surface area contributed by atoms with Gasteiger partial charge in [0.1, 0.15) is 23.4 Å². The molecule has 0 radical (unpaired) electrons. The van der Waals surface area contributed by atoms with Crippen molar-refractivity contribution < 1.29 is 26.7 Å². The van der Waals surface area contributed by atoms with E-state index in [4.69, 9.17) is 43.8 Å². The molecular weight excluding hydrogens is 587 g/mol. The van der Waals surface area contributed by atoms with E-state index in [0.717, 1.165) is 18.4 Å². The summed E-state index contributed by atoms with van der Waals surface area (Å²) in [6.07, 6.45) is 3.31. The minimum atomic E-state index is -3.40. The second-order valence-electron chi connectivity index (χ2n) is 9.18. The number of halogens is 4. The van der Waals surface area contributed by atoms with Crippen molar-refractivity contribution in [1.29, 1.82) is 5.41 Å². The van der Waals surface area contributed by atoms with Crippen molar-refractivity contribution in [2.75, 3.05) is 50.2 Å². The van der Waals surface area contributed by atoms with Crippen LogP contribution in [-0.2, 0) is 10.0 Å². The van der Waals surface area contributed by atoms with Crippen molar-refractivity contribution in [2.24, 2.45) is 0 Å². The molecule has 14 heteroatoms. The number of hydrogen-bond donors (Lipinski definition) is 2. The highest BCUT2D eigenvalue weighted by molar-refractivity contribution is 7.88. The molecule has 2 aromatic carbocycles. The van der Waals surface area contributed by atoms with E-state index in [1.54, 1.807) is 6.92 Å². The molecule has 0 aliphatic carbocycles. The number of sulfonamides is 1. The topological polar surface area (TPSA) is 122 Å². The van der Waals surface area contributed by atoms with Crippen LogP contribution in [0.1, 0.15) is 29.7 Å². The molecule has 3 N–H and O–H groups in total. The first-order valence-electron chi connectivity index (χ1n) is 12.0. The van der Waals surface area contributed by atoms with E-state index in [0.29, 0.717) is 15.6 Å². The van der Waals surface area contributed by atoms with Gasteiger partial charge in [-0.05, 0) is 25.1 Å². The monoisotopic (exact) mass is 613 g/mol. The van der Waals surface area contributed by atoms with Crippen LogP contribution in [-0.4, -0.2) is 63.0 Å². The molecule has 0 saturated carbocycles. The number of hydrogen-bond acceptors (Lipinski definition) is 8. The van der Waals surface area contributed by atoms with Crippen LogP contribution in [0.2, 0.25) is 10.0 Å². The van der Waals surface area contributed by atoms with Gasteiger partial charge < -0.3 is 20.1 Å². The molecular formula is C26H27Cl2F2N5O4S. The molecule has 1 fully saturated rings. The summed E-state index contributed by atoms with van der Waals surface area (Å²) in [5, 5.41) is 9.30. The summed E-state index contributed by atoms with van der Waals surface area (Å²) in [6.45, 7) is 2.16. The summed E-state index contributed by atoms with van der Waals surface area (Å²) in [5.41, 5.74) is 6.39. The van der Waals surface area contributed by atoms with Crippen LogP contribution < -0.4 is 20.1 Å². The number of methoxy groups -OCH3 is 1. The fourth-order valence-electron chi connectivity index (χ4n) is 4.51. The maximum Gasteiger partial charge on any atom is 0.211 e. The van der Waals surface area contributed by atoms with Crippen LogP contribution in [0, 0.1) is 17.0 Å². The molecule has 214 valence electrons. The molecule has 4 rings (SSSR count). The number of benzene rings is 2. The molecule has 1 aromatic heterocycles. The minimum Gasteiger partial charge on any atom is -0.493 e. The van der Waals surface area contributed by atoms with E-state index < -0.39 is 27.8 Å². The molecule has 0 spiro atoms. The number of piperazine rings is 1. The Balaban J connectivity index is 1.63. The maximum atomic E-state index is 15.2. The van der Waals surface area contributed by atoms with E-state index in [9.17, 15) is 8.42 Å². The zero-order valence-corrected chi connectivity index (χ0v) is 24.2. The molecule has 1 aliphatic rings. The van der Waals surface area contributed by atoms with Gasteiger partial charge in [-0.15, -0.1) is 0 Å². The van der Waals surface area contributed by atoms with Crippen molar-refractivity contribution in [1.82, 2.24) is 9.29 Å². The van der Waals surface area contributed by atoms with E-state index in [-0.39, 0.29) is 65.9 Å².